The summed E-state index contributed by atoms with van der Waals surface area (Å²) in [5.41, 5.74) is 0.467. The van der Waals surface area contributed by atoms with Gasteiger partial charge in [-0.25, -0.2) is 9.97 Å². The van der Waals surface area contributed by atoms with Gasteiger partial charge in [-0.05, 0) is 29.8 Å². The summed E-state index contributed by atoms with van der Waals surface area (Å²) in [7, 11) is 2.92. The van der Waals surface area contributed by atoms with Crippen molar-refractivity contribution >= 4 is 34.5 Å². The number of aromatic nitrogens is 2. The van der Waals surface area contributed by atoms with Crippen molar-refractivity contribution in [1.82, 2.24) is 9.97 Å². The predicted molar refractivity (Wildman–Crippen MR) is 96.1 cm³/mol. The molecule has 1 heterocycles. The van der Waals surface area contributed by atoms with E-state index in [1.165, 1.54) is 25.3 Å². The fraction of sp³-hybridized carbons (Fsp3) is 0.118. The van der Waals surface area contributed by atoms with Gasteiger partial charge in [-0.3, -0.25) is 14.9 Å². The number of nitro groups is 1. The molecule has 0 spiro atoms. The average molecular weight is 376 g/mol. The number of methoxy groups -OCH3 is 2. The van der Waals surface area contributed by atoms with Crippen molar-refractivity contribution in [3.05, 3.63) is 63.6 Å². The van der Waals surface area contributed by atoms with Crippen LogP contribution in [0.5, 0.6) is 11.5 Å². The smallest absolute Gasteiger partial charge is 0.321 e. The number of para-hydroxylation sites is 2. The van der Waals surface area contributed by atoms with Crippen molar-refractivity contribution < 1.29 is 19.2 Å². The second-order valence-corrected chi connectivity index (χ2v) is 5.15. The molecule has 0 aliphatic carbocycles. The van der Waals surface area contributed by atoms with E-state index >= 15 is 0 Å². The van der Waals surface area contributed by atoms with E-state index in [-0.39, 0.29) is 22.3 Å². The molecule has 0 saturated carbocycles. The number of aldehydes is 1. The normalized spacial score (nSPS) is 9.81. The molecule has 1 aromatic heterocycles. The molecule has 0 atom stereocenters. The molecule has 0 saturated heterocycles. The first kappa shape index (κ1) is 19.1. The molecular weight excluding hydrogens is 362 g/mol. The van der Waals surface area contributed by atoms with E-state index in [1.54, 1.807) is 13.3 Å². The maximum Gasteiger partial charge on any atom is 0.321 e. The predicted octanol–water partition coefficient (Wildman–Crippen LogP) is 3.71. The maximum absolute atomic E-state index is 10.5. The zero-order valence-corrected chi connectivity index (χ0v) is 14.6. The lowest BCUT2D eigenvalue weighted by Crippen LogP contribution is -1.97. The first-order valence-electron chi connectivity index (χ1n) is 7.23. The quantitative estimate of drug-likeness (QED) is 0.296. The summed E-state index contributed by atoms with van der Waals surface area (Å²) in [6.45, 7) is 0. The van der Waals surface area contributed by atoms with Crippen molar-refractivity contribution in [3.8, 4) is 11.5 Å². The molecule has 0 N–H and O–H groups in total. The molecule has 9 heteroatoms. The molecule has 8 nitrogen and oxygen atoms in total. The number of benzene rings is 2. The highest BCUT2D eigenvalue weighted by Gasteiger charge is 2.19. The number of carbonyl (C=O) groups excluding carboxylic acids is 1. The Balaban J connectivity index is 0.000000187. The van der Waals surface area contributed by atoms with Crippen molar-refractivity contribution in [2.24, 2.45) is 0 Å². The molecule has 0 aliphatic rings. The Kier molecular flexibility index (Phi) is 6.40. The number of hydrogen-bond acceptors (Lipinski definition) is 7. The van der Waals surface area contributed by atoms with Crippen molar-refractivity contribution in [2.45, 2.75) is 0 Å². The van der Waals surface area contributed by atoms with Gasteiger partial charge in [-0.2, -0.15) is 0 Å². The van der Waals surface area contributed by atoms with Gasteiger partial charge in [0.05, 0.1) is 24.7 Å². The molecule has 2 aromatic carbocycles. The Hall–Kier alpha value is -3.26. The van der Waals surface area contributed by atoms with Crippen LogP contribution in [0.25, 0.3) is 10.9 Å². The fourth-order valence-corrected chi connectivity index (χ4v) is 2.30. The summed E-state index contributed by atoms with van der Waals surface area (Å²) >= 11 is 5.67. The number of rotatable bonds is 4. The number of hydrogen-bond donors (Lipinski definition) is 0. The number of ether oxygens (including phenoxy) is 2. The van der Waals surface area contributed by atoms with Crippen LogP contribution >= 0.6 is 11.6 Å². The van der Waals surface area contributed by atoms with Gasteiger partial charge in [0.15, 0.2) is 12.0 Å². The minimum atomic E-state index is -0.636. The van der Waals surface area contributed by atoms with Gasteiger partial charge in [0.25, 0.3) is 0 Å². The van der Waals surface area contributed by atoms with Crippen molar-refractivity contribution in [3.63, 3.8) is 0 Å². The number of nitrogens with zero attached hydrogens (tertiary/aromatic N) is 3. The second-order valence-electron chi connectivity index (χ2n) is 4.81. The Labute approximate surface area is 153 Å². The molecule has 0 radical (unpaired) electrons. The van der Waals surface area contributed by atoms with Crippen molar-refractivity contribution in [2.75, 3.05) is 14.2 Å². The van der Waals surface area contributed by atoms with Crippen molar-refractivity contribution in [1.29, 1.82) is 0 Å². The van der Waals surface area contributed by atoms with E-state index in [4.69, 9.17) is 21.1 Å². The average Bonchev–Trinajstić information content (AvgIpc) is 2.67. The highest BCUT2D eigenvalue weighted by molar-refractivity contribution is 6.28. The second kappa shape index (κ2) is 8.72. The van der Waals surface area contributed by atoms with Crippen LogP contribution in [0.15, 0.2) is 42.6 Å². The third kappa shape index (κ3) is 4.22. The summed E-state index contributed by atoms with van der Waals surface area (Å²) in [6, 6.07) is 9.96. The summed E-state index contributed by atoms with van der Waals surface area (Å²) in [5, 5.41) is 11.7. The fourth-order valence-electron chi connectivity index (χ4n) is 2.17. The maximum atomic E-state index is 10.5. The number of nitro benzene ring substituents is 1. The molecule has 0 fully saturated rings. The molecule has 0 amide bonds. The van der Waals surface area contributed by atoms with Gasteiger partial charge < -0.3 is 9.47 Å². The highest BCUT2D eigenvalue weighted by atomic mass is 35.5. The Bertz CT molecular complexity index is 949. The number of halogens is 1. The molecule has 3 aromatic rings. The minimum Gasteiger partial charge on any atom is -0.494 e. The summed E-state index contributed by atoms with van der Waals surface area (Å²) in [5.74, 6) is 0.802. The zero-order chi connectivity index (χ0) is 19.1. The molecule has 3 rings (SSSR count). The van der Waals surface area contributed by atoms with Crippen LogP contribution in [0.2, 0.25) is 5.28 Å². The first-order chi connectivity index (χ1) is 12.5. The van der Waals surface area contributed by atoms with E-state index < -0.39 is 4.92 Å². The largest absolute Gasteiger partial charge is 0.494 e. The molecular formula is C17H14ClN3O5. The van der Waals surface area contributed by atoms with Crippen LogP contribution in [-0.2, 0) is 0 Å². The van der Waals surface area contributed by atoms with Gasteiger partial charge in [0.1, 0.15) is 11.3 Å². The Morgan fingerprint density at radius 3 is 2.38 bits per heavy atom. The Morgan fingerprint density at radius 1 is 1.12 bits per heavy atom. The number of carbonyl (C=O) groups is 1. The topological polar surface area (TPSA) is 104 Å². The van der Waals surface area contributed by atoms with Gasteiger partial charge in [-0.15, -0.1) is 0 Å². The molecule has 0 aliphatic heterocycles. The monoisotopic (exact) mass is 375 g/mol. The van der Waals surface area contributed by atoms with Crippen LogP contribution in [0.3, 0.4) is 0 Å². The Morgan fingerprint density at radius 2 is 1.77 bits per heavy atom. The molecule has 0 unspecified atom stereocenters. The van der Waals surface area contributed by atoms with E-state index in [2.05, 4.69) is 9.97 Å². The third-order valence-corrected chi connectivity index (χ3v) is 3.51. The van der Waals surface area contributed by atoms with Gasteiger partial charge in [-0.1, -0.05) is 18.2 Å². The standard InChI is InChI=1S/C9H7ClN2O.C8H7NO4/c1-13-7-4-2-3-6-5-11-9(10)12-8(6)7;1-13-7-4-2-3-6(5-10)8(7)9(11)12/h2*2-5H,1H3. The summed E-state index contributed by atoms with van der Waals surface area (Å²) in [4.78, 5) is 28.3. The number of fused-ring (bicyclic) bond motifs is 1. The molecule has 134 valence electrons. The van der Waals surface area contributed by atoms with E-state index in [1.807, 2.05) is 18.2 Å². The van der Waals surface area contributed by atoms with Gasteiger partial charge in [0, 0.05) is 11.6 Å². The van der Waals surface area contributed by atoms with E-state index in [9.17, 15) is 14.9 Å². The molecule has 26 heavy (non-hydrogen) atoms. The lowest BCUT2D eigenvalue weighted by molar-refractivity contribution is -0.386. The minimum absolute atomic E-state index is 0.0179. The van der Waals surface area contributed by atoms with E-state index in [0.29, 0.717) is 12.0 Å². The SMILES string of the molecule is COc1cccc(C=O)c1[N+](=O)[O-].COc1cccc2cnc(Cl)nc12. The van der Waals surface area contributed by atoms with Crippen LogP contribution in [0.1, 0.15) is 10.4 Å². The van der Waals surface area contributed by atoms with Gasteiger partial charge in [0.2, 0.25) is 5.28 Å². The highest BCUT2D eigenvalue weighted by Crippen LogP contribution is 2.29. The summed E-state index contributed by atoms with van der Waals surface area (Å²) in [6.07, 6.45) is 2.10. The van der Waals surface area contributed by atoms with E-state index in [0.717, 1.165) is 10.9 Å². The van der Waals surface area contributed by atoms with Crippen LogP contribution in [0, 0.1) is 10.1 Å². The van der Waals surface area contributed by atoms with Crippen LogP contribution in [-0.4, -0.2) is 35.4 Å². The molecule has 0 bridgehead atoms. The first-order valence-corrected chi connectivity index (χ1v) is 7.61. The van der Waals surface area contributed by atoms with Crippen LogP contribution < -0.4 is 9.47 Å². The lowest BCUT2D eigenvalue weighted by atomic mass is 10.2. The van der Waals surface area contributed by atoms with Crippen LogP contribution in [0.4, 0.5) is 5.69 Å². The van der Waals surface area contributed by atoms with Gasteiger partial charge >= 0.3 is 5.69 Å². The zero-order valence-electron chi connectivity index (χ0n) is 13.9. The summed E-state index contributed by atoms with van der Waals surface area (Å²) < 4.78 is 9.88. The lowest BCUT2D eigenvalue weighted by Gasteiger charge is -2.02. The third-order valence-electron chi connectivity index (χ3n) is 3.32.